The van der Waals surface area contributed by atoms with E-state index in [9.17, 15) is 0 Å². The zero-order valence-corrected chi connectivity index (χ0v) is 8.23. The zero-order chi connectivity index (χ0) is 8.23. The van der Waals surface area contributed by atoms with Gasteiger partial charge in [0.25, 0.3) is 0 Å². The number of hydrogen-bond acceptors (Lipinski definition) is 0. The quantitative estimate of drug-likeness (QED) is 0.507. The van der Waals surface area contributed by atoms with E-state index in [-0.39, 0.29) is 0 Å². The van der Waals surface area contributed by atoms with Crippen molar-refractivity contribution in [1.29, 1.82) is 0 Å². The van der Waals surface area contributed by atoms with E-state index in [1.165, 1.54) is 43.9 Å². The minimum absolute atomic E-state index is 1.17. The van der Waals surface area contributed by atoms with E-state index in [4.69, 9.17) is 0 Å². The molecule has 3 rings (SSSR count). The van der Waals surface area contributed by atoms with Gasteiger partial charge in [-0.25, -0.2) is 0 Å². The van der Waals surface area contributed by atoms with Gasteiger partial charge in [-0.05, 0) is 18.3 Å². The van der Waals surface area contributed by atoms with E-state index in [1.54, 1.807) is 32.1 Å². The van der Waals surface area contributed by atoms with Crippen LogP contribution in [-0.2, 0) is 0 Å². The number of rotatable bonds is 0. The molecular weight excluding hydrogens is 144 g/mol. The first-order valence-corrected chi connectivity index (χ1v) is 5.95. The number of fused-ring (bicyclic) bond motifs is 2. The van der Waals surface area contributed by atoms with Crippen molar-refractivity contribution in [2.45, 2.75) is 64.2 Å². The Morgan fingerprint density at radius 1 is 0.500 bits per heavy atom. The fourth-order valence-corrected chi connectivity index (χ4v) is 3.06. The van der Waals surface area contributed by atoms with Crippen molar-refractivity contribution in [3.63, 3.8) is 0 Å². The fraction of sp³-hybridized carbons (Fsp3) is 1.00. The van der Waals surface area contributed by atoms with Crippen molar-refractivity contribution in [3.8, 4) is 0 Å². The van der Waals surface area contributed by atoms with Crippen LogP contribution >= 0.6 is 0 Å². The van der Waals surface area contributed by atoms with Crippen molar-refractivity contribution in [2.75, 3.05) is 0 Å². The maximum atomic E-state index is 1.58. The van der Waals surface area contributed by atoms with Crippen LogP contribution in [-0.4, -0.2) is 0 Å². The van der Waals surface area contributed by atoms with Crippen LogP contribution < -0.4 is 0 Å². The van der Waals surface area contributed by atoms with E-state index < -0.39 is 0 Å². The fourth-order valence-electron chi connectivity index (χ4n) is 3.06. The van der Waals surface area contributed by atoms with Gasteiger partial charge in [0.15, 0.2) is 0 Å². The summed E-state index contributed by atoms with van der Waals surface area (Å²) in [6.45, 7) is 0. The van der Waals surface area contributed by atoms with E-state index in [0.29, 0.717) is 0 Å². The highest BCUT2D eigenvalue weighted by atomic mass is 14.4. The van der Waals surface area contributed by atoms with E-state index >= 15 is 0 Å². The molecule has 3 fully saturated rings. The summed E-state index contributed by atoms with van der Waals surface area (Å²) in [5.74, 6) is 2.34. The molecule has 0 spiro atoms. The van der Waals surface area contributed by atoms with Gasteiger partial charge in [-0.2, -0.15) is 0 Å². The second-order valence-electron chi connectivity index (χ2n) is 4.89. The zero-order valence-electron chi connectivity index (χ0n) is 8.23. The second kappa shape index (κ2) is 4.30. The largest absolute Gasteiger partial charge is 0.0533 e. The molecule has 3 aliphatic carbocycles. The Hall–Kier alpha value is 0. The van der Waals surface area contributed by atoms with Crippen LogP contribution in [0.25, 0.3) is 0 Å². The summed E-state index contributed by atoms with van der Waals surface area (Å²) < 4.78 is 0. The van der Waals surface area contributed by atoms with Crippen molar-refractivity contribution in [2.24, 2.45) is 11.8 Å². The monoisotopic (exact) mass is 166 g/mol. The van der Waals surface area contributed by atoms with Crippen LogP contribution in [0.2, 0.25) is 0 Å². The smallest absolute Gasteiger partial charge is 0.0411 e. The summed E-state index contributed by atoms with van der Waals surface area (Å²) in [5.41, 5.74) is 0. The molecule has 0 radical (unpaired) electrons. The third kappa shape index (κ3) is 2.24. The van der Waals surface area contributed by atoms with Crippen molar-refractivity contribution < 1.29 is 0 Å². The van der Waals surface area contributed by atoms with Crippen LogP contribution in [0.15, 0.2) is 0 Å². The maximum absolute atomic E-state index is 1.58. The highest BCUT2D eigenvalue weighted by Gasteiger charge is 2.30. The first-order chi connectivity index (χ1) is 5.95. The summed E-state index contributed by atoms with van der Waals surface area (Å²) in [6, 6.07) is 0. The average molecular weight is 166 g/mol. The molecule has 0 aromatic heterocycles. The average Bonchev–Trinajstić information content (AvgIpc) is 2.86. The minimum atomic E-state index is 1.17. The van der Waals surface area contributed by atoms with Crippen LogP contribution in [0.4, 0.5) is 0 Å². The molecule has 0 N–H and O–H groups in total. The van der Waals surface area contributed by atoms with Gasteiger partial charge in [-0.15, -0.1) is 0 Å². The molecule has 2 bridgehead atoms. The lowest BCUT2D eigenvalue weighted by atomic mass is 10.0. The molecule has 0 heteroatoms. The molecule has 0 aromatic carbocycles. The molecule has 0 heterocycles. The van der Waals surface area contributed by atoms with Gasteiger partial charge >= 0.3 is 0 Å². The lowest BCUT2D eigenvalue weighted by Crippen LogP contribution is -1.90. The van der Waals surface area contributed by atoms with Gasteiger partial charge in [0, 0.05) is 0 Å². The molecule has 0 unspecified atom stereocenters. The molecule has 70 valence electrons. The van der Waals surface area contributed by atoms with Crippen LogP contribution in [0.5, 0.6) is 0 Å². The van der Waals surface area contributed by atoms with Crippen molar-refractivity contribution in [1.82, 2.24) is 0 Å². The lowest BCUT2D eigenvalue weighted by molar-refractivity contribution is 0.480. The Labute approximate surface area is 76.7 Å². The summed E-state index contributed by atoms with van der Waals surface area (Å²) in [7, 11) is 0. The molecule has 0 aromatic rings. The molecule has 0 nitrogen and oxygen atoms in total. The first-order valence-electron chi connectivity index (χ1n) is 5.95. The van der Waals surface area contributed by atoms with Gasteiger partial charge in [0.05, 0.1) is 0 Å². The first kappa shape index (κ1) is 8.59. The van der Waals surface area contributed by atoms with E-state index in [2.05, 4.69) is 0 Å². The lowest BCUT2D eigenvalue weighted by Gasteiger charge is -2.05. The summed E-state index contributed by atoms with van der Waals surface area (Å²) in [6.07, 6.45) is 15.3. The van der Waals surface area contributed by atoms with Crippen molar-refractivity contribution >= 4 is 0 Å². The van der Waals surface area contributed by atoms with Crippen LogP contribution in [0.3, 0.4) is 0 Å². The third-order valence-corrected chi connectivity index (χ3v) is 3.88. The van der Waals surface area contributed by atoms with E-state index in [1.807, 2.05) is 0 Å². The van der Waals surface area contributed by atoms with Gasteiger partial charge in [-0.1, -0.05) is 57.8 Å². The van der Waals surface area contributed by atoms with Gasteiger partial charge in [0.2, 0.25) is 0 Å². The molecule has 3 saturated carbocycles. The van der Waals surface area contributed by atoms with Crippen LogP contribution in [0, 0.1) is 11.8 Å². The second-order valence-corrected chi connectivity index (χ2v) is 4.89. The standard InChI is InChI=1S/C7H12.C5H10/c1-2-7-4-3-6(1)5-7;1-2-4-5-3-1/h6-7H,1-5H2;1-5H2. The Morgan fingerprint density at radius 2 is 0.833 bits per heavy atom. The molecule has 0 aliphatic heterocycles. The maximum Gasteiger partial charge on any atom is -0.0411 e. The molecule has 0 saturated heterocycles. The topological polar surface area (TPSA) is 0 Å². The van der Waals surface area contributed by atoms with Gasteiger partial charge in [-0.3, -0.25) is 0 Å². The molecule has 0 atom stereocenters. The highest BCUT2D eigenvalue weighted by Crippen LogP contribution is 2.43. The predicted molar refractivity (Wildman–Crippen MR) is 53.2 cm³/mol. The Balaban J connectivity index is 0.000000100. The van der Waals surface area contributed by atoms with Gasteiger partial charge < -0.3 is 0 Å². The third-order valence-electron chi connectivity index (χ3n) is 3.88. The predicted octanol–water partition coefficient (Wildman–Crippen LogP) is 4.15. The van der Waals surface area contributed by atoms with Gasteiger partial charge in [0.1, 0.15) is 0 Å². The van der Waals surface area contributed by atoms with Crippen LogP contribution in [0.1, 0.15) is 64.2 Å². The number of hydrogen-bond donors (Lipinski definition) is 0. The summed E-state index contributed by atoms with van der Waals surface area (Å²) in [5, 5.41) is 0. The summed E-state index contributed by atoms with van der Waals surface area (Å²) in [4.78, 5) is 0. The minimum Gasteiger partial charge on any atom is -0.0533 e. The Kier molecular flexibility index (Phi) is 3.08. The highest BCUT2D eigenvalue weighted by molar-refractivity contribution is 4.82. The normalized spacial score (nSPS) is 38.0. The molecule has 12 heavy (non-hydrogen) atoms. The molecular formula is C12H22. The Morgan fingerprint density at radius 3 is 1.00 bits per heavy atom. The van der Waals surface area contributed by atoms with E-state index in [0.717, 1.165) is 0 Å². The molecule has 0 amide bonds. The van der Waals surface area contributed by atoms with Crippen molar-refractivity contribution in [3.05, 3.63) is 0 Å². The SMILES string of the molecule is C1CC2CCC1C2.C1CCCC1. The Bertz CT molecular complexity index is 98.4. The summed E-state index contributed by atoms with van der Waals surface area (Å²) >= 11 is 0. The molecule has 3 aliphatic rings.